The molecule has 0 radical (unpaired) electrons. The molecule has 2 heterocycles. The summed E-state index contributed by atoms with van der Waals surface area (Å²) in [6, 6.07) is 1.66. The number of anilines is 1. The van der Waals surface area contributed by atoms with Crippen molar-refractivity contribution in [3.63, 3.8) is 0 Å². The summed E-state index contributed by atoms with van der Waals surface area (Å²) in [6.07, 6.45) is -4.60. The van der Waals surface area contributed by atoms with Crippen molar-refractivity contribution in [2.75, 3.05) is 12.5 Å². The highest BCUT2D eigenvalue weighted by Crippen LogP contribution is 2.35. The number of alkyl halides is 3. The third kappa shape index (κ3) is 4.06. The second-order valence-corrected chi connectivity index (χ2v) is 6.02. The lowest BCUT2D eigenvalue weighted by Crippen LogP contribution is -2.37. The summed E-state index contributed by atoms with van der Waals surface area (Å²) < 4.78 is 42.6. The Morgan fingerprint density at radius 3 is 2.54 bits per heavy atom. The number of hydrazine groups is 1. The smallest absolute Gasteiger partial charge is 0.419 e. The number of pyridine rings is 1. The summed E-state index contributed by atoms with van der Waals surface area (Å²) in [6.45, 7) is 1.52. The minimum atomic E-state index is -4.67. The third-order valence-corrected chi connectivity index (χ3v) is 4.31. The molecule has 1 fully saturated rings. The van der Waals surface area contributed by atoms with Crippen LogP contribution in [0.4, 0.5) is 19.0 Å². The Hall–Kier alpha value is -2.36. The van der Waals surface area contributed by atoms with E-state index in [0.717, 1.165) is 6.07 Å². The van der Waals surface area contributed by atoms with Crippen molar-refractivity contribution >= 4 is 35.2 Å². The fourth-order valence-electron chi connectivity index (χ4n) is 2.55. The van der Waals surface area contributed by atoms with E-state index in [9.17, 15) is 27.6 Å². The maximum atomic E-state index is 12.7. The van der Waals surface area contributed by atoms with Crippen LogP contribution in [0.3, 0.4) is 0 Å². The van der Waals surface area contributed by atoms with Gasteiger partial charge in [-0.25, -0.2) is 4.98 Å². The molecule has 26 heavy (non-hydrogen) atoms. The first-order chi connectivity index (χ1) is 12.1. The molecule has 7 nitrogen and oxygen atoms in total. The van der Waals surface area contributed by atoms with Gasteiger partial charge in [0.25, 0.3) is 11.8 Å². The first-order valence-corrected chi connectivity index (χ1v) is 7.89. The van der Waals surface area contributed by atoms with Crippen LogP contribution < -0.4 is 5.43 Å². The molecule has 11 heteroatoms. The number of esters is 1. The molecular formula is C15H15ClF3N3O4. The van der Waals surface area contributed by atoms with Crippen LogP contribution in [0.25, 0.3) is 0 Å². The molecule has 2 unspecified atom stereocenters. The Kier molecular flexibility index (Phi) is 5.74. The van der Waals surface area contributed by atoms with Crippen LogP contribution in [-0.4, -0.2) is 34.9 Å². The lowest BCUT2D eigenvalue weighted by atomic mass is 9.92. The average molecular weight is 394 g/mol. The molecule has 0 spiro atoms. The molecule has 2 atom stereocenters. The largest absolute Gasteiger partial charge is 0.469 e. The number of methoxy groups -OCH3 is 1. The van der Waals surface area contributed by atoms with E-state index in [-0.39, 0.29) is 18.7 Å². The maximum absolute atomic E-state index is 12.7. The third-order valence-electron chi connectivity index (χ3n) is 4.02. The zero-order valence-electron chi connectivity index (χ0n) is 13.8. The highest BCUT2D eigenvalue weighted by Gasteiger charge is 2.45. The molecule has 0 saturated carbocycles. The summed E-state index contributed by atoms with van der Waals surface area (Å²) in [5, 5.41) is -0.129. The maximum Gasteiger partial charge on any atom is 0.419 e. The second-order valence-electron chi connectivity index (χ2n) is 5.67. The van der Waals surface area contributed by atoms with Crippen molar-refractivity contribution in [1.82, 2.24) is 9.99 Å². The SMILES string of the molecule is COC(=O)CCC1C(=O)N(Nc2ccc(C(F)(F)F)c(Cl)n2)C(=O)C1C. The van der Waals surface area contributed by atoms with Gasteiger partial charge in [0.1, 0.15) is 11.0 Å². The molecule has 1 aromatic heterocycles. The highest BCUT2D eigenvalue weighted by molar-refractivity contribution is 6.30. The molecule has 0 aromatic carbocycles. The molecule has 142 valence electrons. The number of aromatic nitrogens is 1. The van der Waals surface area contributed by atoms with Gasteiger partial charge in [0, 0.05) is 12.3 Å². The lowest BCUT2D eigenvalue weighted by molar-refractivity contribution is -0.141. The minimum Gasteiger partial charge on any atom is -0.469 e. The number of nitrogens with zero attached hydrogens (tertiary/aromatic N) is 2. The van der Waals surface area contributed by atoms with Gasteiger partial charge in [0.15, 0.2) is 0 Å². The Bertz CT molecular complexity index is 741. The van der Waals surface area contributed by atoms with Gasteiger partial charge < -0.3 is 4.74 Å². The van der Waals surface area contributed by atoms with Gasteiger partial charge in [-0.15, -0.1) is 0 Å². The van der Waals surface area contributed by atoms with Crippen LogP contribution in [0.1, 0.15) is 25.3 Å². The first-order valence-electron chi connectivity index (χ1n) is 7.51. The van der Waals surface area contributed by atoms with Crippen LogP contribution in [0.2, 0.25) is 5.15 Å². The molecule has 2 amide bonds. The van der Waals surface area contributed by atoms with Crippen molar-refractivity contribution in [1.29, 1.82) is 0 Å². The first kappa shape index (κ1) is 20.0. The van der Waals surface area contributed by atoms with Crippen molar-refractivity contribution in [2.24, 2.45) is 11.8 Å². The van der Waals surface area contributed by atoms with Gasteiger partial charge >= 0.3 is 12.1 Å². The van der Waals surface area contributed by atoms with E-state index >= 15 is 0 Å². The fraction of sp³-hybridized carbons (Fsp3) is 0.467. The number of carbonyl (C=O) groups excluding carboxylic acids is 3. The van der Waals surface area contributed by atoms with Gasteiger partial charge in [-0.3, -0.25) is 19.8 Å². The number of ether oxygens (including phenoxy) is 1. The van der Waals surface area contributed by atoms with E-state index in [1.807, 2.05) is 0 Å². The summed E-state index contributed by atoms with van der Waals surface area (Å²) in [4.78, 5) is 39.4. The van der Waals surface area contributed by atoms with E-state index in [2.05, 4.69) is 15.1 Å². The number of imide groups is 1. The van der Waals surface area contributed by atoms with Crippen LogP contribution in [0.5, 0.6) is 0 Å². The summed E-state index contributed by atoms with van der Waals surface area (Å²) in [5.41, 5.74) is 1.25. The van der Waals surface area contributed by atoms with Crippen LogP contribution >= 0.6 is 11.6 Å². The van der Waals surface area contributed by atoms with Crippen molar-refractivity contribution in [2.45, 2.75) is 25.9 Å². The van der Waals surface area contributed by atoms with Crippen molar-refractivity contribution < 1.29 is 32.3 Å². The van der Waals surface area contributed by atoms with Gasteiger partial charge in [-0.1, -0.05) is 18.5 Å². The quantitative estimate of drug-likeness (QED) is 0.470. The zero-order valence-corrected chi connectivity index (χ0v) is 14.5. The predicted molar refractivity (Wildman–Crippen MR) is 83.6 cm³/mol. The Morgan fingerprint density at radius 2 is 2.00 bits per heavy atom. The van der Waals surface area contributed by atoms with Gasteiger partial charge in [-0.2, -0.15) is 18.2 Å². The zero-order chi connectivity index (χ0) is 19.6. The Morgan fingerprint density at radius 1 is 1.35 bits per heavy atom. The fourth-order valence-corrected chi connectivity index (χ4v) is 2.81. The lowest BCUT2D eigenvalue weighted by Gasteiger charge is -2.17. The van der Waals surface area contributed by atoms with E-state index in [0.29, 0.717) is 11.1 Å². The number of hydrogen-bond donors (Lipinski definition) is 1. The number of carbonyl (C=O) groups is 3. The number of nitrogens with one attached hydrogen (secondary N) is 1. The molecule has 2 rings (SSSR count). The summed E-state index contributed by atoms with van der Waals surface area (Å²) in [5.74, 6) is -3.35. The van der Waals surface area contributed by atoms with Crippen molar-refractivity contribution in [3.8, 4) is 0 Å². The number of amides is 2. The van der Waals surface area contributed by atoms with E-state index < -0.39 is 46.5 Å². The van der Waals surface area contributed by atoms with Gasteiger partial charge in [0.2, 0.25) is 0 Å². The minimum absolute atomic E-state index is 0.0390. The number of rotatable bonds is 5. The number of halogens is 4. The van der Waals surface area contributed by atoms with Gasteiger partial charge in [0.05, 0.1) is 18.6 Å². The molecule has 1 aliphatic rings. The van der Waals surface area contributed by atoms with E-state index in [1.165, 1.54) is 14.0 Å². The Balaban J connectivity index is 2.14. The van der Waals surface area contributed by atoms with Crippen LogP contribution in [0, 0.1) is 11.8 Å². The van der Waals surface area contributed by atoms with Crippen molar-refractivity contribution in [3.05, 3.63) is 22.8 Å². The second kappa shape index (κ2) is 7.48. The standard InChI is InChI=1S/C15H15ClF3N3O4/c1-7-8(3-6-11(23)26-2)14(25)22(13(7)24)21-10-5-4-9(12(16)20-10)15(17,18)19/h4-5,7-8H,3,6H2,1-2H3,(H,20,21). The van der Waals surface area contributed by atoms with Gasteiger partial charge in [-0.05, 0) is 18.6 Å². The molecule has 0 aliphatic carbocycles. The van der Waals surface area contributed by atoms with Crippen LogP contribution in [0.15, 0.2) is 12.1 Å². The average Bonchev–Trinajstić information content (AvgIpc) is 2.75. The molecule has 0 bridgehead atoms. The Labute approximate surface area is 151 Å². The van der Waals surface area contributed by atoms with E-state index in [4.69, 9.17) is 11.6 Å². The molecule has 1 aromatic rings. The van der Waals surface area contributed by atoms with Crippen LogP contribution in [-0.2, 0) is 25.3 Å². The predicted octanol–water partition coefficient (Wildman–Crippen LogP) is 2.66. The summed E-state index contributed by atoms with van der Waals surface area (Å²) >= 11 is 5.52. The van der Waals surface area contributed by atoms with E-state index in [1.54, 1.807) is 0 Å². The monoisotopic (exact) mass is 393 g/mol. The molecular weight excluding hydrogens is 379 g/mol. The molecule has 1 aliphatic heterocycles. The normalized spacial score (nSPS) is 20.5. The highest BCUT2D eigenvalue weighted by atomic mass is 35.5. The number of hydrogen-bond acceptors (Lipinski definition) is 6. The molecule has 1 N–H and O–H groups in total. The summed E-state index contributed by atoms with van der Waals surface area (Å²) in [7, 11) is 1.21. The topological polar surface area (TPSA) is 88.6 Å². The molecule has 1 saturated heterocycles.